The van der Waals surface area contributed by atoms with Crippen LogP contribution in [0.1, 0.15) is 35.9 Å². The molecule has 4 rings (SSSR count). The highest BCUT2D eigenvalue weighted by Crippen LogP contribution is 2.22. The molecular weight excluding hydrogens is 338 g/mol. The standard InChI is InChI=1S/C22H27N3O2/c26-22(17-24-11-4-5-12-24)25-13-14-27-21(16-25)20-10-6-9-19(23-20)15-18-7-2-1-3-8-18/h1-3,6-10,21H,4-5,11-17H2/t21-/m0/s1. The molecule has 1 aromatic carbocycles. The van der Waals surface area contributed by atoms with E-state index in [1.165, 1.54) is 18.4 Å². The van der Waals surface area contributed by atoms with E-state index in [2.05, 4.69) is 23.1 Å². The van der Waals surface area contributed by atoms with Crippen molar-refractivity contribution in [3.8, 4) is 0 Å². The summed E-state index contributed by atoms with van der Waals surface area (Å²) in [4.78, 5) is 21.7. The second kappa shape index (κ2) is 8.63. The highest BCUT2D eigenvalue weighted by Gasteiger charge is 2.27. The van der Waals surface area contributed by atoms with Crippen molar-refractivity contribution in [3.63, 3.8) is 0 Å². The fourth-order valence-electron chi connectivity index (χ4n) is 3.87. The molecule has 0 spiro atoms. The monoisotopic (exact) mass is 365 g/mol. The van der Waals surface area contributed by atoms with Crippen molar-refractivity contribution >= 4 is 5.91 Å². The van der Waals surface area contributed by atoms with Gasteiger partial charge in [-0.2, -0.15) is 0 Å². The number of pyridine rings is 1. The van der Waals surface area contributed by atoms with E-state index in [0.717, 1.165) is 30.9 Å². The fourth-order valence-corrected chi connectivity index (χ4v) is 3.87. The first-order valence-electron chi connectivity index (χ1n) is 9.89. The maximum atomic E-state index is 12.6. The van der Waals surface area contributed by atoms with Gasteiger partial charge in [0.2, 0.25) is 5.91 Å². The summed E-state index contributed by atoms with van der Waals surface area (Å²) in [5, 5.41) is 0. The average molecular weight is 365 g/mol. The Bertz CT molecular complexity index is 759. The third-order valence-corrected chi connectivity index (χ3v) is 5.36. The normalized spacial score (nSPS) is 20.7. The molecule has 2 fully saturated rings. The van der Waals surface area contributed by atoms with Crippen LogP contribution in [0.4, 0.5) is 0 Å². The predicted octanol–water partition coefficient (Wildman–Crippen LogP) is 2.67. The Labute approximate surface area is 161 Å². The van der Waals surface area contributed by atoms with E-state index in [1.54, 1.807) is 0 Å². The minimum absolute atomic E-state index is 0.142. The maximum Gasteiger partial charge on any atom is 0.236 e. The number of likely N-dealkylation sites (tertiary alicyclic amines) is 1. The number of nitrogens with zero attached hydrogens (tertiary/aromatic N) is 3. The lowest BCUT2D eigenvalue weighted by Crippen LogP contribution is -2.46. The summed E-state index contributed by atoms with van der Waals surface area (Å²) in [5.74, 6) is 0.214. The zero-order valence-electron chi connectivity index (χ0n) is 15.7. The molecule has 5 heteroatoms. The second-order valence-corrected chi connectivity index (χ2v) is 7.40. The van der Waals surface area contributed by atoms with Crippen molar-refractivity contribution in [3.05, 3.63) is 65.5 Å². The highest BCUT2D eigenvalue weighted by molar-refractivity contribution is 5.78. The molecule has 1 aromatic heterocycles. The van der Waals surface area contributed by atoms with Crippen molar-refractivity contribution < 1.29 is 9.53 Å². The molecule has 2 aliphatic rings. The molecule has 0 bridgehead atoms. The largest absolute Gasteiger partial charge is 0.368 e. The fraction of sp³-hybridized carbons (Fsp3) is 0.455. The maximum absolute atomic E-state index is 12.6. The van der Waals surface area contributed by atoms with Crippen molar-refractivity contribution in [2.75, 3.05) is 39.3 Å². The van der Waals surface area contributed by atoms with Gasteiger partial charge in [-0.1, -0.05) is 36.4 Å². The van der Waals surface area contributed by atoms with Gasteiger partial charge in [0.15, 0.2) is 0 Å². The van der Waals surface area contributed by atoms with Crippen LogP contribution in [0.5, 0.6) is 0 Å². The number of hydrogen-bond donors (Lipinski definition) is 0. The topological polar surface area (TPSA) is 45.7 Å². The molecular formula is C22H27N3O2. The molecule has 0 saturated carbocycles. The number of rotatable bonds is 5. The summed E-state index contributed by atoms with van der Waals surface area (Å²) in [5.41, 5.74) is 3.19. The van der Waals surface area contributed by atoms with Crippen molar-refractivity contribution in [2.45, 2.75) is 25.4 Å². The number of morpholine rings is 1. The minimum Gasteiger partial charge on any atom is -0.368 e. The smallest absolute Gasteiger partial charge is 0.236 e. The second-order valence-electron chi connectivity index (χ2n) is 7.40. The van der Waals surface area contributed by atoms with Crippen LogP contribution in [0.25, 0.3) is 0 Å². The van der Waals surface area contributed by atoms with Gasteiger partial charge >= 0.3 is 0 Å². The van der Waals surface area contributed by atoms with Crippen molar-refractivity contribution in [1.29, 1.82) is 0 Å². The average Bonchev–Trinajstić information content (AvgIpc) is 3.22. The van der Waals surface area contributed by atoms with E-state index in [1.807, 2.05) is 35.2 Å². The first-order chi connectivity index (χ1) is 13.3. The quantitative estimate of drug-likeness (QED) is 0.817. The third-order valence-electron chi connectivity index (χ3n) is 5.36. The van der Waals surface area contributed by atoms with E-state index < -0.39 is 0 Å². The number of amides is 1. The van der Waals surface area contributed by atoms with Crippen LogP contribution < -0.4 is 0 Å². The van der Waals surface area contributed by atoms with Gasteiger partial charge in [-0.15, -0.1) is 0 Å². The summed E-state index contributed by atoms with van der Waals surface area (Å²) >= 11 is 0. The Kier molecular flexibility index (Phi) is 5.80. The Morgan fingerprint density at radius 1 is 1.04 bits per heavy atom. The Hall–Kier alpha value is -2.24. The van der Waals surface area contributed by atoms with Crippen LogP contribution in [0.2, 0.25) is 0 Å². The Balaban J connectivity index is 1.40. The summed E-state index contributed by atoms with van der Waals surface area (Å²) < 4.78 is 5.95. The molecule has 1 amide bonds. The summed E-state index contributed by atoms with van der Waals surface area (Å²) in [6.45, 7) is 4.46. The van der Waals surface area contributed by atoms with Crippen molar-refractivity contribution in [2.24, 2.45) is 0 Å². The number of ether oxygens (including phenoxy) is 1. The van der Waals surface area contributed by atoms with E-state index in [4.69, 9.17) is 9.72 Å². The lowest BCUT2D eigenvalue weighted by atomic mass is 10.1. The molecule has 0 radical (unpaired) electrons. The van der Waals surface area contributed by atoms with Gasteiger partial charge in [0.1, 0.15) is 6.10 Å². The minimum atomic E-state index is -0.142. The Morgan fingerprint density at radius 3 is 2.67 bits per heavy atom. The van der Waals surface area contributed by atoms with Gasteiger partial charge in [0.05, 0.1) is 25.4 Å². The summed E-state index contributed by atoms with van der Waals surface area (Å²) in [7, 11) is 0. The van der Waals surface area contributed by atoms with E-state index in [0.29, 0.717) is 26.2 Å². The predicted molar refractivity (Wildman–Crippen MR) is 104 cm³/mol. The van der Waals surface area contributed by atoms with Crippen LogP contribution in [0.3, 0.4) is 0 Å². The molecule has 0 N–H and O–H groups in total. The molecule has 2 saturated heterocycles. The first kappa shape index (κ1) is 18.1. The molecule has 1 atom stereocenters. The van der Waals surface area contributed by atoms with Crippen LogP contribution in [0, 0.1) is 0 Å². The number of hydrogen-bond acceptors (Lipinski definition) is 4. The van der Waals surface area contributed by atoms with Gasteiger partial charge in [0, 0.05) is 18.7 Å². The first-order valence-corrected chi connectivity index (χ1v) is 9.89. The lowest BCUT2D eigenvalue weighted by molar-refractivity contribution is -0.140. The lowest BCUT2D eigenvalue weighted by Gasteiger charge is -2.33. The molecule has 5 nitrogen and oxygen atoms in total. The Morgan fingerprint density at radius 2 is 1.85 bits per heavy atom. The number of carbonyl (C=O) groups excluding carboxylic acids is 1. The third kappa shape index (κ3) is 4.73. The molecule has 2 aromatic rings. The number of carbonyl (C=O) groups is 1. The molecule has 2 aliphatic heterocycles. The SMILES string of the molecule is O=C(CN1CCCC1)N1CCO[C@H](c2cccc(Cc3ccccc3)n2)C1. The molecule has 27 heavy (non-hydrogen) atoms. The van der Waals surface area contributed by atoms with Crippen LogP contribution in [0.15, 0.2) is 48.5 Å². The molecule has 142 valence electrons. The number of aromatic nitrogens is 1. The number of benzene rings is 1. The van der Waals surface area contributed by atoms with Crippen LogP contribution in [-0.4, -0.2) is 60.0 Å². The van der Waals surface area contributed by atoms with Gasteiger partial charge in [0.25, 0.3) is 0 Å². The van der Waals surface area contributed by atoms with Crippen LogP contribution in [-0.2, 0) is 16.0 Å². The summed E-state index contributed by atoms with van der Waals surface area (Å²) in [6.07, 6.45) is 3.07. The van der Waals surface area contributed by atoms with E-state index >= 15 is 0 Å². The molecule has 3 heterocycles. The zero-order valence-corrected chi connectivity index (χ0v) is 15.7. The van der Waals surface area contributed by atoms with Crippen molar-refractivity contribution in [1.82, 2.24) is 14.8 Å². The van der Waals surface area contributed by atoms with E-state index in [9.17, 15) is 4.79 Å². The summed E-state index contributed by atoms with van der Waals surface area (Å²) in [6, 6.07) is 16.4. The van der Waals surface area contributed by atoms with E-state index in [-0.39, 0.29) is 12.0 Å². The highest BCUT2D eigenvalue weighted by atomic mass is 16.5. The van der Waals surface area contributed by atoms with Gasteiger partial charge in [-0.3, -0.25) is 14.7 Å². The molecule has 0 unspecified atom stereocenters. The van der Waals surface area contributed by atoms with Gasteiger partial charge < -0.3 is 9.64 Å². The zero-order chi connectivity index (χ0) is 18.5. The van der Waals surface area contributed by atoms with Crippen LogP contribution >= 0.6 is 0 Å². The van der Waals surface area contributed by atoms with Gasteiger partial charge in [-0.05, 0) is 43.6 Å². The molecule has 0 aliphatic carbocycles. The van der Waals surface area contributed by atoms with Gasteiger partial charge in [-0.25, -0.2) is 0 Å².